The minimum atomic E-state index is 0.255. The number of nitrogens with zero attached hydrogens (tertiary/aromatic N) is 3. The first-order chi connectivity index (χ1) is 9.19. The average molecular weight is 262 g/mol. The molecule has 0 fully saturated rings. The molecule has 2 heterocycles. The highest BCUT2D eigenvalue weighted by Crippen LogP contribution is 2.18. The molecule has 1 N–H and O–H groups in total. The Labute approximate surface area is 112 Å². The highest BCUT2D eigenvalue weighted by atomic mass is 16.5. The Morgan fingerprint density at radius 3 is 2.79 bits per heavy atom. The van der Waals surface area contributed by atoms with Gasteiger partial charge in [-0.15, -0.1) is 0 Å². The first-order valence-electron chi connectivity index (χ1n) is 6.28. The number of aryl methyl sites for hydroxylation is 2. The molecular formula is C13H18N4O2. The molecule has 0 spiro atoms. The van der Waals surface area contributed by atoms with Crippen LogP contribution >= 0.6 is 0 Å². The molecule has 2 rings (SSSR count). The summed E-state index contributed by atoms with van der Waals surface area (Å²) in [5.74, 6) is 1.81. The van der Waals surface area contributed by atoms with Gasteiger partial charge in [0.15, 0.2) is 12.4 Å². The fourth-order valence-corrected chi connectivity index (χ4v) is 1.64. The van der Waals surface area contributed by atoms with Crippen LogP contribution in [0.5, 0.6) is 5.75 Å². The summed E-state index contributed by atoms with van der Waals surface area (Å²) in [4.78, 5) is 8.57. The van der Waals surface area contributed by atoms with Gasteiger partial charge >= 0.3 is 0 Å². The summed E-state index contributed by atoms with van der Waals surface area (Å²) in [6.07, 6.45) is 0. The largest absolute Gasteiger partial charge is 0.482 e. The smallest absolute Gasteiger partial charge is 0.264 e. The second-order valence-electron chi connectivity index (χ2n) is 4.20. The van der Waals surface area contributed by atoms with E-state index in [1.807, 2.05) is 19.1 Å². The summed E-state index contributed by atoms with van der Waals surface area (Å²) in [5, 5.41) is 6.96. The zero-order valence-electron chi connectivity index (χ0n) is 11.4. The van der Waals surface area contributed by atoms with E-state index >= 15 is 0 Å². The van der Waals surface area contributed by atoms with Gasteiger partial charge in [-0.2, -0.15) is 4.98 Å². The Hall–Kier alpha value is -1.95. The Kier molecular flexibility index (Phi) is 4.46. The van der Waals surface area contributed by atoms with Crippen LogP contribution in [0, 0.1) is 13.8 Å². The zero-order valence-corrected chi connectivity index (χ0v) is 11.4. The first-order valence-corrected chi connectivity index (χ1v) is 6.28. The summed E-state index contributed by atoms with van der Waals surface area (Å²) >= 11 is 0. The molecule has 19 heavy (non-hydrogen) atoms. The Morgan fingerprint density at radius 1 is 1.26 bits per heavy atom. The van der Waals surface area contributed by atoms with Gasteiger partial charge in [-0.25, -0.2) is 0 Å². The number of hydrogen-bond donors (Lipinski definition) is 1. The fourth-order valence-electron chi connectivity index (χ4n) is 1.64. The number of hydrogen-bond acceptors (Lipinski definition) is 6. The van der Waals surface area contributed by atoms with Crippen molar-refractivity contribution in [3.05, 3.63) is 35.2 Å². The van der Waals surface area contributed by atoms with E-state index in [0.717, 1.165) is 23.7 Å². The van der Waals surface area contributed by atoms with Crippen LogP contribution in [-0.2, 0) is 13.2 Å². The molecule has 0 aromatic carbocycles. The van der Waals surface area contributed by atoms with Crippen LogP contribution in [0.4, 0.5) is 0 Å². The maximum absolute atomic E-state index is 5.69. The lowest BCUT2D eigenvalue weighted by atomic mass is 10.3. The van der Waals surface area contributed by atoms with Crippen LogP contribution in [0.25, 0.3) is 0 Å². The lowest BCUT2D eigenvalue weighted by Gasteiger charge is -2.10. The molecular weight excluding hydrogens is 244 g/mol. The van der Waals surface area contributed by atoms with Gasteiger partial charge < -0.3 is 14.6 Å². The molecule has 0 aliphatic carbocycles. The van der Waals surface area contributed by atoms with Crippen LogP contribution in [0.1, 0.15) is 30.0 Å². The van der Waals surface area contributed by atoms with E-state index in [2.05, 4.69) is 27.4 Å². The summed E-state index contributed by atoms with van der Waals surface area (Å²) < 4.78 is 10.7. The second-order valence-corrected chi connectivity index (χ2v) is 4.20. The minimum Gasteiger partial charge on any atom is -0.482 e. The number of pyridine rings is 1. The van der Waals surface area contributed by atoms with E-state index in [-0.39, 0.29) is 6.61 Å². The van der Waals surface area contributed by atoms with Gasteiger partial charge in [0, 0.05) is 12.2 Å². The van der Waals surface area contributed by atoms with E-state index in [9.17, 15) is 0 Å². The molecule has 0 bridgehead atoms. The predicted molar refractivity (Wildman–Crippen MR) is 69.7 cm³/mol. The normalized spacial score (nSPS) is 10.7. The molecule has 0 saturated heterocycles. The summed E-state index contributed by atoms with van der Waals surface area (Å²) in [6.45, 7) is 7.61. The van der Waals surface area contributed by atoms with Crippen molar-refractivity contribution in [3.63, 3.8) is 0 Å². The van der Waals surface area contributed by atoms with Crippen LogP contribution in [0.15, 0.2) is 16.7 Å². The van der Waals surface area contributed by atoms with Crippen molar-refractivity contribution >= 4 is 0 Å². The van der Waals surface area contributed by atoms with E-state index < -0.39 is 0 Å². The van der Waals surface area contributed by atoms with Crippen molar-refractivity contribution in [2.24, 2.45) is 0 Å². The van der Waals surface area contributed by atoms with Gasteiger partial charge in [-0.1, -0.05) is 12.1 Å². The second kappa shape index (κ2) is 6.29. The highest BCUT2D eigenvalue weighted by molar-refractivity contribution is 5.29. The number of nitrogens with one attached hydrogen (secondary N) is 1. The molecule has 0 amide bonds. The molecule has 2 aromatic rings. The summed E-state index contributed by atoms with van der Waals surface area (Å²) in [5.41, 5.74) is 1.85. The highest BCUT2D eigenvalue weighted by Gasteiger charge is 2.08. The molecule has 0 unspecified atom stereocenters. The fraction of sp³-hybridized carbons (Fsp3) is 0.462. The van der Waals surface area contributed by atoms with Crippen LogP contribution in [0.3, 0.4) is 0 Å². The maximum Gasteiger partial charge on any atom is 0.264 e. The molecule has 0 atom stereocenters. The number of rotatable bonds is 6. The van der Waals surface area contributed by atoms with E-state index in [0.29, 0.717) is 18.3 Å². The predicted octanol–water partition coefficient (Wildman–Crippen LogP) is 1.77. The van der Waals surface area contributed by atoms with Crippen molar-refractivity contribution in [1.29, 1.82) is 0 Å². The standard InChI is InChI=1S/C13H18N4O2/c1-4-14-7-11-12(6-5-9(2)15-11)18-8-13-16-10(3)17-19-13/h5-6,14H,4,7-8H2,1-3H3. The third kappa shape index (κ3) is 3.75. The quantitative estimate of drug-likeness (QED) is 0.855. The van der Waals surface area contributed by atoms with Crippen LogP contribution < -0.4 is 10.1 Å². The molecule has 6 heteroatoms. The van der Waals surface area contributed by atoms with Crippen molar-refractivity contribution in [2.75, 3.05) is 6.54 Å². The monoisotopic (exact) mass is 262 g/mol. The molecule has 0 aliphatic heterocycles. The van der Waals surface area contributed by atoms with Crippen LogP contribution in [-0.4, -0.2) is 21.7 Å². The first kappa shape index (κ1) is 13.5. The van der Waals surface area contributed by atoms with E-state index in [1.54, 1.807) is 6.92 Å². The third-order valence-electron chi connectivity index (χ3n) is 2.53. The lowest BCUT2D eigenvalue weighted by Crippen LogP contribution is -2.14. The van der Waals surface area contributed by atoms with Crippen molar-refractivity contribution in [3.8, 4) is 5.75 Å². The van der Waals surface area contributed by atoms with Gasteiger partial charge in [0.25, 0.3) is 5.89 Å². The van der Waals surface area contributed by atoms with Gasteiger partial charge in [-0.05, 0) is 32.5 Å². The molecule has 2 aromatic heterocycles. The minimum absolute atomic E-state index is 0.255. The zero-order chi connectivity index (χ0) is 13.7. The topological polar surface area (TPSA) is 73.1 Å². The third-order valence-corrected chi connectivity index (χ3v) is 2.53. The van der Waals surface area contributed by atoms with E-state index in [4.69, 9.17) is 9.26 Å². The number of aromatic nitrogens is 3. The lowest BCUT2D eigenvalue weighted by molar-refractivity contribution is 0.239. The van der Waals surface area contributed by atoms with Crippen LogP contribution in [0.2, 0.25) is 0 Å². The van der Waals surface area contributed by atoms with Gasteiger partial charge in [0.05, 0.1) is 5.69 Å². The van der Waals surface area contributed by atoms with Gasteiger partial charge in [0.2, 0.25) is 0 Å². The van der Waals surface area contributed by atoms with Gasteiger partial charge in [0.1, 0.15) is 5.75 Å². The molecule has 102 valence electrons. The molecule has 0 radical (unpaired) electrons. The SMILES string of the molecule is CCNCc1nc(C)ccc1OCc1nc(C)no1. The average Bonchev–Trinajstić information content (AvgIpc) is 2.81. The molecule has 0 aliphatic rings. The molecule has 0 saturated carbocycles. The Balaban J connectivity index is 2.05. The van der Waals surface area contributed by atoms with Crippen molar-refractivity contribution in [1.82, 2.24) is 20.4 Å². The Bertz CT molecular complexity index is 539. The maximum atomic E-state index is 5.69. The number of ether oxygens (including phenoxy) is 1. The van der Waals surface area contributed by atoms with E-state index in [1.165, 1.54) is 0 Å². The van der Waals surface area contributed by atoms with Crippen molar-refractivity contribution < 1.29 is 9.26 Å². The van der Waals surface area contributed by atoms with Gasteiger partial charge in [-0.3, -0.25) is 4.98 Å². The summed E-state index contributed by atoms with van der Waals surface area (Å²) in [6, 6.07) is 3.84. The molecule has 6 nitrogen and oxygen atoms in total. The van der Waals surface area contributed by atoms with Crippen molar-refractivity contribution in [2.45, 2.75) is 33.9 Å². The Morgan fingerprint density at radius 2 is 2.11 bits per heavy atom. The summed E-state index contributed by atoms with van der Waals surface area (Å²) in [7, 11) is 0.